The zero-order valence-corrected chi connectivity index (χ0v) is 13.3. The average Bonchev–Trinajstić information content (AvgIpc) is 2.46. The van der Waals surface area contributed by atoms with Crippen molar-refractivity contribution in [3.8, 4) is 0 Å². The second-order valence-electron chi connectivity index (χ2n) is 4.83. The molecule has 0 atom stereocenters. The number of sulfone groups is 1. The first-order chi connectivity index (χ1) is 9.92. The number of hydrogen-bond acceptors (Lipinski definition) is 5. The van der Waals surface area contributed by atoms with Gasteiger partial charge in [0.2, 0.25) is 0 Å². The number of nitrogens with one attached hydrogen (secondary N) is 1. The normalized spacial score (nSPS) is 11.3. The Morgan fingerprint density at radius 1 is 1.19 bits per heavy atom. The molecule has 0 saturated heterocycles. The Morgan fingerprint density at radius 2 is 1.90 bits per heavy atom. The van der Waals surface area contributed by atoms with Crippen molar-refractivity contribution in [1.82, 2.24) is 0 Å². The molecule has 1 aromatic rings. The zero-order valence-electron chi connectivity index (χ0n) is 12.5. The SMILES string of the molecule is CCCCCCNc1ccc([N+](=O)[O-])cc1S(=O)(=O)CC. The van der Waals surface area contributed by atoms with Crippen LogP contribution >= 0.6 is 0 Å². The Balaban J connectivity index is 2.95. The van der Waals surface area contributed by atoms with Gasteiger partial charge in [-0.15, -0.1) is 0 Å². The maximum atomic E-state index is 12.1. The van der Waals surface area contributed by atoms with Gasteiger partial charge < -0.3 is 5.32 Å². The topological polar surface area (TPSA) is 89.3 Å². The molecule has 0 unspecified atom stereocenters. The third-order valence-electron chi connectivity index (χ3n) is 3.24. The Labute approximate surface area is 125 Å². The molecule has 1 N–H and O–H groups in total. The van der Waals surface area contributed by atoms with Crippen LogP contribution in [0.1, 0.15) is 39.5 Å². The summed E-state index contributed by atoms with van der Waals surface area (Å²) in [5.41, 5.74) is 0.234. The molecule has 0 aliphatic heterocycles. The van der Waals surface area contributed by atoms with Crippen LogP contribution in [0.5, 0.6) is 0 Å². The van der Waals surface area contributed by atoms with Gasteiger partial charge >= 0.3 is 0 Å². The van der Waals surface area contributed by atoms with E-state index in [0.717, 1.165) is 31.7 Å². The van der Waals surface area contributed by atoms with Crippen molar-refractivity contribution in [2.75, 3.05) is 17.6 Å². The summed E-state index contributed by atoms with van der Waals surface area (Å²) >= 11 is 0. The molecular weight excluding hydrogens is 292 g/mol. The van der Waals surface area contributed by atoms with Crippen LogP contribution in [0.3, 0.4) is 0 Å². The maximum Gasteiger partial charge on any atom is 0.270 e. The van der Waals surface area contributed by atoms with Gasteiger partial charge in [-0.25, -0.2) is 8.42 Å². The van der Waals surface area contributed by atoms with Gasteiger partial charge in [-0.2, -0.15) is 0 Å². The van der Waals surface area contributed by atoms with Gasteiger partial charge in [0.05, 0.1) is 21.3 Å². The van der Waals surface area contributed by atoms with Gasteiger partial charge in [0.1, 0.15) is 0 Å². The number of non-ortho nitro benzene ring substituents is 1. The van der Waals surface area contributed by atoms with Gasteiger partial charge in [0.15, 0.2) is 9.84 Å². The van der Waals surface area contributed by atoms with Crippen LogP contribution < -0.4 is 5.32 Å². The molecule has 1 rings (SSSR count). The van der Waals surface area contributed by atoms with E-state index in [-0.39, 0.29) is 16.3 Å². The largest absolute Gasteiger partial charge is 0.384 e. The summed E-state index contributed by atoms with van der Waals surface area (Å²) < 4.78 is 24.1. The molecule has 6 nitrogen and oxygen atoms in total. The number of unbranched alkanes of at least 4 members (excludes halogenated alkanes) is 3. The minimum atomic E-state index is -3.50. The fourth-order valence-corrected chi connectivity index (χ4v) is 3.04. The predicted molar refractivity (Wildman–Crippen MR) is 83.5 cm³/mol. The second kappa shape index (κ2) is 7.97. The Kier molecular flexibility index (Phi) is 6.61. The molecule has 0 aliphatic rings. The molecule has 1 aromatic carbocycles. The number of rotatable bonds is 9. The summed E-state index contributed by atoms with van der Waals surface area (Å²) in [5, 5.41) is 13.9. The number of nitro benzene ring substituents is 1. The quantitative estimate of drug-likeness (QED) is 0.429. The Hall–Kier alpha value is -1.63. The summed E-state index contributed by atoms with van der Waals surface area (Å²) in [6, 6.07) is 3.93. The first-order valence-corrected chi connectivity index (χ1v) is 8.82. The molecule has 0 aromatic heterocycles. The van der Waals surface area contributed by atoms with E-state index < -0.39 is 14.8 Å². The van der Waals surface area contributed by atoms with E-state index in [1.807, 2.05) is 0 Å². The Bertz CT molecular complexity index is 585. The highest BCUT2D eigenvalue weighted by Crippen LogP contribution is 2.27. The van der Waals surface area contributed by atoms with Crippen LogP contribution in [0.15, 0.2) is 23.1 Å². The van der Waals surface area contributed by atoms with Crippen LogP contribution in [-0.2, 0) is 9.84 Å². The number of nitrogens with zero attached hydrogens (tertiary/aromatic N) is 1. The van der Waals surface area contributed by atoms with E-state index in [1.54, 1.807) is 0 Å². The van der Waals surface area contributed by atoms with Crippen molar-refractivity contribution in [2.45, 2.75) is 44.4 Å². The van der Waals surface area contributed by atoms with E-state index in [1.165, 1.54) is 19.1 Å². The highest BCUT2D eigenvalue weighted by molar-refractivity contribution is 7.91. The summed E-state index contributed by atoms with van der Waals surface area (Å²) in [7, 11) is -3.50. The van der Waals surface area contributed by atoms with Crippen LogP contribution in [0.2, 0.25) is 0 Å². The number of anilines is 1. The lowest BCUT2D eigenvalue weighted by Crippen LogP contribution is -2.10. The van der Waals surface area contributed by atoms with E-state index >= 15 is 0 Å². The average molecular weight is 314 g/mol. The molecule has 0 heterocycles. The second-order valence-corrected chi connectivity index (χ2v) is 7.08. The molecule has 0 amide bonds. The van der Waals surface area contributed by atoms with Crippen LogP contribution in [0.4, 0.5) is 11.4 Å². The number of nitro groups is 1. The van der Waals surface area contributed by atoms with Crippen molar-refractivity contribution in [3.63, 3.8) is 0 Å². The number of benzene rings is 1. The zero-order chi connectivity index (χ0) is 15.9. The highest BCUT2D eigenvalue weighted by Gasteiger charge is 2.20. The van der Waals surface area contributed by atoms with E-state index in [0.29, 0.717) is 12.2 Å². The summed E-state index contributed by atoms with van der Waals surface area (Å²) in [5.74, 6) is -0.0846. The lowest BCUT2D eigenvalue weighted by Gasteiger charge is -2.11. The Morgan fingerprint density at radius 3 is 2.48 bits per heavy atom. The first kappa shape index (κ1) is 17.4. The molecule has 0 fully saturated rings. The van der Waals surface area contributed by atoms with Crippen LogP contribution in [0, 0.1) is 10.1 Å². The van der Waals surface area contributed by atoms with E-state index in [9.17, 15) is 18.5 Å². The predicted octanol–water partition coefficient (Wildman–Crippen LogP) is 3.38. The van der Waals surface area contributed by atoms with Gasteiger partial charge in [-0.3, -0.25) is 10.1 Å². The van der Waals surface area contributed by atoms with Crippen LogP contribution in [-0.4, -0.2) is 25.6 Å². The maximum absolute atomic E-state index is 12.1. The third-order valence-corrected chi connectivity index (χ3v) is 5.00. The van der Waals surface area contributed by atoms with E-state index in [2.05, 4.69) is 12.2 Å². The van der Waals surface area contributed by atoms with Crippen molar-refractivity contribution in [2.24, 2.45) is 0 Å². The highest BCUT2D eigenvalue weighted by atomic mass is 32.2. The van der Waals surface area contributed by atoms with Crippen molar-refractivity contribution in [1.29, 1.82) is 0 Å². The number of hydrogen-bond donors (Lipinski definition) is 1. The summed E-state index contributed by atoms with van der Waals surface area (Å²) in [6.07, 6.45) is 4.29. The van der Waals surface area contributed by atoms with Crippen molar-refractivity contribution >= 4 is 21.2 Å². The van der Waals surface area contributed by atoms with Gasteiger partial charge in [-0.05, 0) is 12.5 Å². The molecule has 7 heteroatoms. The lowest BCUT2D eigenvalue weighted by molar-refractivity contribution is -0.385. The molecule has 21 heavy (non-hydrogen) atoms. The minimum absolute atomic E-state index is 0.00897. The summed E-state index contributed by atoms with van der Waals surface area (Å²) in [6.45, 7) is 4.30. The summed E-state index contributed by atoms with van der Waals surface area (Å²) in [4.78, 5) is 10.2. The molecule has 0 bridgehead atoms. The molecule has 0 spiro atoms. The lowest BCUT2D eigenvalue weighted by atomic mass is 10.2. The molecule has 0 saturated carbocycles. The third kappa shape index (κ3) is 5.00. The van der Waals surface area contributed by atoms with E-state index in [4.69, 9.17) is 0 Å². The monoisotopic (exact) mass is 314 g/mol. The van der Waals surface area contributed by atoms with Crippen molar-refractivity contribution < 1.29 is 13.3 Å². The van der Waals surface area contributed by atoms with Crippen molar-refractivity contribution in [3.05, 3.63) is 28.3 Å². The molecule has 0 aliphatic carbocycles. The molecule has 118 valence electrons. The first-order valence-electron chi connectivity index (χ1n) is 7.17. The van der Waals surface area contributed by atoms with Gasteiger partial charge in [0.25, 0.3) is 5.69 Å². The van der Waals surface area contributed by atoms with Gasteiger partial charge in [-0.1, -0.05) is 33.1 Å². The van der Waals surface area contributed by atoms with Gasteiger partial charge in [0, 0.05) is 18.7 Å². The minimum Gasteiger partial charge on any atom is -0.384 e. The molecule has 0 radical (unpaired) electrons. The fraction of sp³-hybridized carbons (Fsp3) is 0.571. The smallest absolute Gasteiger partial charge is 0.270 e. The molecular formula is C14H22N2O4S. The van der Waals surface area contributed by atoms with Crippen LogP contribution in [0.25, 0.3) is 0 Å². The standard InChI is InChI=1S/C14H22N2O4S/c1-3-5-6-7-10-15-13-9-8-12(16(17)18)11-14(13)21(19,20)4-2/h8-9,11,15H,3-7,10H2,1-2H3. The fourth-order valence-electron chi connectivity index (χ4n) is 1.96.